The van der Waals surface area contributed by atoms with E-state index in [1.165, 1.54) is 0 Å². The van der Waals surface area contributed by atoms with Gasteiger partial charge in [0.1, 0.15) is 18.3 Å². The molecule has 2 radical (unpaired) electrons. The Labute approximate surface area is 156 Å². The van der Waals surface area contributed by atoms with Gasteiger partial charge in [-0.25, -0.2) is 0 Å². The summed E-state index contributed by atoms with van der Waals surface area (Å²) in [6, 6.07) is 0. The Morgan fingerprint density at radius 1 is 1.00 bits per heavy atom. The van der Waals surface area contributed by atoms with Gasteiger partial charge in [0.15, 0.2) is 0 Å². The second-order valence-electron chi connectivity index (χ2n) is 3.26. The van der Waals surface area contributed by atoms with E-state index in [0.29, 0.717) is 6.42 Å². The van der Waals surface area contributed by atoms with Crippen molar-refractivity contribution in [2.24, 2.45) is 0 Å². The molecule has 1 aliphatic heterocycles. The number of aliphatic hydroxyl groups excluding tert-OH is 3. The molecule has 1 rings (SSSR count). The molecule has 1 saturated heterocycles. The number of hydrogen-bond donors (Lipinski definition) is 3. The molecule has 6 heteroatoms. The first-order valence-corrected chi connectivity index (χ1v) is 4.27. The molecule has 78 valence electrons. The number of hydrogen-bond acceptors (Lipinski definition) is 4. The van der Waals surface area contributed by atoms with E-state index < -0.39 is 24.4 Å². The molecule has 1 heterocycles. The van der Waals surface area contributed by atoms with Crippen molar-refractivity contribution in [1.29, 1.82) is 0 Å². The predicted molar refractivity (Wildman–Crippen MR) is 42.6 cm³/mol. The van der Waals surface area contributed by atoms with Gasteiger partial charge in [0.05, 0.1) is 12.2 Å². The van der Waals surface area contributed by atoms with Gasteiger partial charge in [0.25, 0.3) is 0 Å². The van der Waals surface area contributed by atoms with E-state index in [-0.39, 0.29) is 94.2 Å². The minimum absolute atomic E-state index is 0. The molecule has 5 atom stereocenters. The first-order chi connectivity index (χ1) is 5.57. The Kier molecular flexibility index (Phi) is 11.9. The van der Waals surface area contributed by atoms with E-state index in [1.54, 1.807) is 6.92 Å². The molecular formula is C8H16Ac2O4. The Balaban J connectivity index is 0. The standard InChI is InChI=1S/C8H16O4.2Ac/c1-3-5-7(10)8(11)6(9)4(2)12-5;;/h4-11H,3H2,1-2H3;;. The molecular weight excluding hydrogens is 614 g/mol. The van der Waals surface area contributed by atoms with Gasteiger partial charge < -0.3 is 20.1 Å². The fourth-order valence-corrected chi connectivity index (χ4v) is 1.47. The summed E-state index contributed by atoms with van der Waals surface area (Å²) < 4.78 is 5.27. The average Bonchev–Trinajstić information content (AvgIpc) is 2.08. The van der Waals surface area contributed by atoms with Crippen molar-refractivity contribution in [3.63, 3.8) is 0 Å². The molecule has 0 bridgehead atoms. The molecule has 14 heavy (non-hydrogen) atoms. The Morgan fingerprint density at radius 2 is 1.50 bits per heavy atom. The Bertz CT molecular complexity index is 154. The third-order valence-corrected chi connectivity index (χ3v) is 2.35. The van der Waals surface area contributed by atoms with Gasteiger partial charge in [-0.1, -0.05) is 6.92 Å². The van der Waals surface area contributed by atoms with Gasteiger partial charge in [-0.15, -0.1) is 0 Å². The van der Waals surface area contributed by atoms with Crippen LogP contribution >= 0.6 is 0 Å². The molecule has 0 aromatic carbocycles. The normalized spacial score (nSPS) is 42.2. The van der Waals surface area contributed by atoms with Gasteiger partial charge in [0, 0.05) is 88.1 Å². The first kappa shape index (κ1) is 19.1. The maximum atomic E-state index is 9.39. The van der Waals surface area contributed by atoms with E-state index in [4.69, 9.17) is 4.74 Å². The smallest absolute Gasteiger partial charge is 0.111 e. The van der Waals surface area contributed by atoms with Crippen LogP contribution in [-0.4, -0.2) is 45.8 Å². The zero-order valence-corrected chi connectivity index (χ0v) is 18.0. The third-order valence-electron chi connectivity index (χ3n) is 2.35. The summed E-state index contributed by atoms with van der Waals surface area (Å²) in [4.78, 5) is 0. The van der Waals surface area contributed by atoms with Crippen molar-refractivity contribution in [3.8, 4) is 0 Å². The topological polar surface area (TPSA) is 69.9 Å². The molecule has 0 aliphatic carbocycles. The summed E-state index contributed by atoms with van der Waals surface area (Å²) in [5, 5.41) is 28.0. The minimum atomic E-state index is -1.08. The van der Waals surface area contributed by atoms with E-state index in [2.05, 4.69) is 0 Å². The summed E-state index contributed by atoms with van der Waals surface area (Å²) in [7, 11) is 0. The predicted octanol–water partition coefficient (Wildman–Crippen LogP) is -0.734. The van der Waals surface area contributed by atoms with Crippen LogP contribution in [0.3, 0.4) is 0 Å². The molecule has 1 aliphatic rings. The molecule has 3 N–H and O–H groups in total. The van der Waals surface area contributed by atoms with E-state index in [0.717, 1.165) is 0 Å². The van der Waals surface area contributed by atoms with Gasteiger partial charge in [-0.05, 0) is 13.3 Å². The van der Waals surface area contributed by atoms with Crippen LogP contribution in [0.5, 0.6) is 0 Å². The molecule has 0 spiro atoms. The van der Waals surface area contributed by atoms with E-state index >= 15 is 0 Å². The summed E-state index contributed by atoms with van der Waals surface area (Å²) in [6.07, 6.45) is -3.18. The number of rotatable bonds is 1. The van der Waals surface area contributed by atoms with Crippen LogP contribution in [0.15, 0.2) is 0 Å². The second kappa shape index (κ2) is 8.76. The van der Waals surface area contributed by atoms with Crippen LogP contribution in [0, 0.1) is 88.1 Å². The molecule has 0 aromatic heterocycles. The fraction of sp³-hybridized carbons (Fsp3) is 1.00. The fourth-order valence-electron chi connectivity index (χ4n) is 1.47. The minimum Gasteiger partial charge on any atom is -0.388 e. The second-order valence-corrected chi connectivity index (χ2v) is 3.26. The molecule has 1 fully saturated rings. The first-order valence-electron chi connectivity index (χ1n) is 4.27. The molecule has 0 aromatic rings. The largest absolute Gasteiger partial charge is 0.388 e. The van der Waals surface area contributed by atoms with Gasteiger partial charge in [-0.2, -0.15) is 0 Å². The monoisotopic (exact) mass is 630 g/mol. The van der Waals surface area contributed by atoms with Crippen LogP contribution in [0.4, 0.5) is 0 Å². The maximum absolute atomic E-state index is 9.39. The van der Waals surface area contributed by atoms with Crippen LogP contribution in [0.25, 0.3) is 0 Å². The van der Waals surface area contributed by atoms with Crippen molar-refractivity contribution < 1.29 is 108 Å². The van der Waals surface area contributed by atoms with Crippen LogP contribution in [0.2, 0.25) is 0 Å². The molecule has 0 amide bonds. The van der Waals surface area contributed by atoms with Crippen LogP contribution in [-0.2, 0) is 4.74 Å². The zero-order valence-electron chi connectivity index (χ0n) is 8.50. The number of ether oxygens (including phenoxy) is 1. The zero-order chi connectivity index (χ0) is 9.30. The van der Waals surface area contributed by atoms with Crippen LogP contribution in [0.1, 0.15) is 20.3 Å². The van der Waals surface area contributed by atoms with Crippen molar-refractivity contribution >= 4 is 0 Å². The van der Waals surface area contributed by atoms with E-state index in [9.17, 15) is 15.3 Å². The van der Waals surface area contributed by atoms with Crippen molar-refractivity contribution in [1.82, 2.24) is 0 Å². The molecule has 5 unspecified atom stereocenters. The maximum Gasteiger partial charge on any atom is 0.111 e. The summed E-state index contributed by atoms with van der Waals surface area (Å²) in [6.45, 7) is 3.55. The summed E-state index contributed by atoms with van der Waals surface area (Å²) >= 11 is 0. The third kappa shape index (κ3) is 4.54. The average molecular weight is 630 g/mol. The van der Waals surface area contributed by atoms with Crippen molar-refractivity contribution in [3.05, 3.63) is 0 Å². The molecule has 4 nitrogen and oxygen atoms in total. The van der Waals surface area contributed by atoms with Crippen molar-refractivity contribution in [2.75, 3.05) is 0 Å². The SMILES string of the molecule is CCC1OC(C)C(O)C(O)C1O.[Ac].[Ac]. The van der Waals surface area contributed by atoms with Crippen LogP contribution < -0.4 is 0 Å². The van der Waals surface area contributed by atoms with Gasteiger partial charge in [-0.3, -0.25) is 0 Å². The summed E-state index contributed by atoms with van der Waals surface area (Å²) in [5.41, 5.74) is 0. The van der Waals surface area contributed by atoms with Gasteiger partial charge in [0.2, 0.25) is 0 Å². The number of aliphatic hydroxyl groups is 3. The van der Waals surface area contributed by atoms with Crippen molar-refractivity contribution in [2.45, 2.75) is 50.8 Å². The summed E-state index contributed by atoms with van der Waals surface area (Å²) in [5.74, 6) is 0. The Morgan fingerprint density at radius 3 is 1.93 bits per heavy atom. The Hall–Kier alpha value is 2.72. The quantitative estimate of drug-likeness (QED) is 0.358. The van der Waals surface area contributed by atoms with E-state index in [1.807, 2.05) is 6.92 Å². The van der Waals surface area contributed by atoms with Gasteiger partial charge >= 0.3 is 0 Å². The molecule has 0 saturated carbocycles.